The summed E-state index contributed by atoms with van der Waals surface area (Å²) in [6, 6.07) is 7.26. The van der Waals surface area contributed by atoms with E-state index in [4.69, 9.17) is 4.74 Å². The van der Waals surface area contributed by atoms with Crippen LogP contribution in [0.3, 0.4) is 0 Å². The third kappa shape index (κ3) is 4.03. The summed E-state index contributed by atoms with van der Waals surface area (Å²) in [7, 11) is 1.71. The molecule has 0 aromatic heterocycles. The highest BCUT2D eigenvalue weighted by molar-refractivity contribution is 9.10. The van der Waals surface area contributed by atoms with Crippen LogP contribution in [-0.4, -0.2) is 49.1 Å². The second-order valence-electron chi connectivity index (χ2n) is 6.57. The molecule has 3 rings (SSSR count). The number of benzene rings is 1. The zero-order valence-corrected chi connectivity index (χ0v) is 15.1. The van der Waals surface area contributed by atoms with E-state index in [-0.39, 0.29) is 0 Å². The van der Waals surface area contributed by atoms with Crippen LogP contribution in [-0.2, 0) is 6.54 Å². The van der Waals surface area contributed by atoms with E-state index < -0.39 is 0 Å². The van der Waals surface area contributed by atoms with Crippen LogP contribution in [0.25, 0.3) is 0 Å². The minimum Gasteiger partial charge on any atom is -0.496 e. The van der Waals surface area contributed by atoms with Crippen molar-refractivity contribution in [3.8, 4) is 5.75 Å². The summed E-state index contributed by atoms with van der Waals surface area (Å²) in [6.45, 7) is 6.16. The monoisotopic (exact) mass is 366 g/mol. The fourth-order valence-corrected chi connectivity index (χ4v) is 4.38. The van der Waals surface area contributed by atoms with Crippen LogP contribution in [0.15, 0.2) is 22.7 Å². The molecule has 1 aromatic rings. The Morgan fingerprint density at radius 2 is 1.82 bits per heavy atom. The fourth-order valence-electron chi connectivity index (χ4n) is 3.79. The van der Waals surface area contributed by atoms with Gasteiger partial charge in [0.2, 0.25) is 0 Å². The first-order valence-corrected chi connectivity index (χ1v) is 9.34. The van der Waals surface area contributed by atoms with Crippen molar-refractivity contribution in [3.05, 3.63) is 28.2 Å². The highest BCUT2D eigenvalue weighted by Gasteiger charge is 2.25. The predicted molar refractivity (Wildman–Crippen MR) is 94.4 cm³/mol. The molecule has 0 bridgehead atoms. The molecule has 22 heavy (non-hydrogen) atoms. The van der Waals surface area contributed by atoms with Gasteiger partial charge in [-0.05, 0) is 85.5 Å². The largest absolute Gasteiger partial charge is 0.496 e. The summed E-state index contributed by atoms with van der Waals surface area (Å²) < 4.78 is 6.36. The number of nitrogens with zero attached hydrogens (tertiary/aromatic N) is 2. The number of hydrogen-bond donors (Lipinski definition) is 0. The molecule has 2 aliphatic rings. The van der Waals surface area contributed by atoms with Crippen LogP contribution < -0.4 is 4.74 Å². The first kappa shape index (κ1) is 16.3. The molecular weight excluding hydrogens is 340 g/mol. The van der Waals surface area contributed by atoms with E-state index in [1.807, 2.05) is 0 Å². The minimum absolute atomic E-state index is 0.833. The Labute approximate surface area is 142 Å². The average Bonchev–Trinajstić information content (AvgIpc) is 2.57. The van der Waals surface area contributed by atoms with Crippen LogP contribution in [0.4, 0.5) is 0 Å². The molecule has 2 aliphatic heterocycles. The maximum absolute atomic E-state index is 5.31. The molecule has 0 spiro atoms. The standard InChI is InChI=1S/C18H27BrN2O/c1-22-18-6-5-15(13-17(18)19)14-20-11-7-16(8-12-20)21-9-3-2-4-10-21/h5-6,13,16H,2-4,7-12,14H2,1H3. The van der Waals surface area contributed by atoms with E-state index in [9.17, 15) is 0 Å². The van der Waals surface area contributed by atoms with Gasteiger partial charge in [-0.1, -0.05) is 12.5 Å². The highest BCUT2D eigenvalue weighted by Crippen LogP contribution is 2.27. The van der Waals surface area contributed by atoms with Gasteiger partial charge in [-0.15, -0.1) is 0 Å². The van der Waals surface area contributed by atoms with Crippen LogP contribution in [0.2, 0.25) is 0 Å². The molecule has 3 nitrogen and oxygen atoms in total. The van der Waals surface area contributed by atoms with E-state index in [1.165, 1.54) is 63.8 Å². The van der Waals surface area contributed by atoms with Gasteiger partial charge in [-0.25, -0.2) is 0 Å². The van der Waals surface area contributed by atoms with Crippen LogP contribution in [0, 0.1) is 0 Å². The van der Waals surface area contributed by atoms with Crippen molar-refractivity contribution in [3.63, 3.8) is 0 Å². The summed E-state index contributed by atoms with van der Waals surface area (Å²) >= 11 is 3.58. The molecule has 0 N–H and O–H groups in total. The summed E-state index contributed by atoms with van der Waals surface area (Å²) in [6.07, 6.45) is 6.90. The van der Waals surface area contributed by atoms with Gasteiger partial charge >= 0.3 is 0 Å². The Bertz CT molecular complexity index is 480. The predicted octanol–water partition coefficient (Wildman–Crippen LogP) is 3.91. The van der Waals surface area contributed by atoms with Gasteiger partial charge in [0.15, 0.2) is 0 Å². The highest BCUT2D eigenvalue weighted by atomic mass is 79.9. The van der Waals surface area contributed by atoms with Crippen molar-refractivity contribution < 1.29 is 4.74 Å². The van der Waals surface area contributed by atoms with E-state index in [2.05, 4.69) is 43.9 Å². The molecule has 0 aliphatic carbocycles. The van der Waals surface area contributed by atoms with Crippen molar-refractivity contribution in [1.29, 1.82) is 0 Å². The van der Waals surface area contributed by atoms with Crippen molar-refractivity contribution in [1.82, 2.24) is 9.80 Å². The lowest BCUT2D eigenvalue weighted by molar-refractivity contribution is 0.0896. The van der Waals surface area contributed by atoms with Crippen molar-refractivity contribution >= 4 is 15.9 Å². The molecule has 2 fully saturated rings. The molecule has 0 atom stereocenters. The SMILES string of the molecule is COc1ccc(CN2CCC(N3CCCCC3)CC2)cc1Br. The average molecular weight is 367 g/mol. The Kier molecular flexibility index (Phi) is 5.77. The summed E-state index contributed by atoms with van der Waals surface area (Å²) in [5.41, 5.74) is 1.36. The molecular formula is C18H27BrN2O. The van der Waals surface area contributed by atoms with E-state index in [0.717, 1.165) is 22.8 Å². The summed E-state index contributed by atoms with van der Waals surface area (Å²) in [5, 5.41) is 0. The van der Waals surface area contributed by atoms with Gasteiger partial charge in [-0.2, -0.15) is 0 Å². The number of methoxy groups -OCH3 is 1. The zero-order chi connectivity index (χ0) is 15.4. The lowest BCUT2D eigenvalue weighted by Gasteiger charge is -2.40. The van der Waals surface area contributed by atoms with Gasteiger partial charge in [0.1, 0.15) is 5.75 Å². The molecule has 1 aromatic carbocycles. The maximum atomic E-state index is 5.31. The molecule has 0 saturated carbocycles. The lowest BCUT2D eigenvalue weighted by atomic mass is 9.99. The summed E-state index contributed by atoms with van der Waals surface area (Å²) in [5.74, 6) is 0.910. The second kappa shape index (κ2) is 7.80. The number of piperidine rings is 2. The number of halogens is 1. The van der Waals surface area contributed by atoms with Crippen molar-refractivity contribution in [2.75, 3.05) is 33.3 Å². The van der Waals surface area contributed by atoms with E-state index in [0.29, 0.717) is 0 Å². The van der Waals surface area contributed by atoms with Gasteiger partial charge in [0.05, 0.1) is 11.6 Å². The van der Waals surface area contributed by atoms with E-state index in [1.54, 1.807) is 7.11 Å². The molecule has 122 valence electrons. The molecule has 2 heterocycles. The third-order valence-electron chi connectivity index (χ3n) is 5.09. The van der Waals surface area contributed by atoms with Gasteiger partial charge in [-0.3, -0.25) is 4.90 Å². The van der Waals surface area contributed by atoms with Crippen LogP contribution in [0.5, 0.6) is 5.75 Å². The molecule has 2 saturated heterocycles. The van der Waals surface area contributed by atoms with E-state index >= 15 is 0 Å². The third-order valence-corrected chi connectivity index (χ3v) is 5.71. The van der Waals surface area contributed by atoms with Crippen molar-refractivity contribution in [2.24, 2.45) is 0 Å². The van der Waals surface area contributed by atoms with Gasteiger partial charge < -0.3 is 9.64 Å². The topological polar surface area (TPSA) is 15.7 Å². The zero-order valence-electron chi connectivity index (χ0n) is 13.6. The van der Waals surface area contributed by atoms with Crippen LogP contribution >= 0.6 is 15.9 Å². The number of ether oxygens (including phenoxy) is 1. The summed E-state index contributed by atoms with van der Waals surface area (Å²) in [4.78, 5) is 5.33. The van der Waals surface area contributed by atoms with Gasteiger partial charge in [0.25, 0.3) is 0 Å². The Morgan fingerprint density at radius 3 is 2.45 bits per heavy atom. The molecule has 4 heteroatoms. The number of rotatable bonds is 4. The molecule has 0 amide bonds. The Balaban J connectivity index is 1.50. The first-order valence-electron chi connectivity index (χ1n) is 8.55. The van der Waals surface area contributed by atoms with Gasteiger partial charge in [0, 0.05) is 12.6 Å². The Hall–Kier alpha value is -0.580. The minimum atomic E-state index is 0.833. The normalized spacial score (nSPS) is 21.9. The fraction of sp³-hybridized carbons (Fsp3) is 0.667. The molecule has 0 unspecified atom stereocenters. The quantitative estimate of drug-likeness (QED) is 0.803. The first-order chi connectivity index (χ1) is 10.8. The molecule has 0 radical (unpaired) electrons. The maximum Gasteiger partial charge on any atom is 0.133 e. The lowest BCUT2D eigenvalue weighted by Crippen LogP contribution is -2.46. The Morgan fingerprint density at radius 1 is 1.09 bits per heavy atom. The number of likely N-dealkylation sites (tertiary alicyclic amines) is 2. The van der Waals surface area contributed by atoms with Crippen LogP contribution in [0.1, 0.15) is 37.7 Å². The number of hydrogen-bond acceptors (Lipinski definition) is 3. The smallest absolute Gasteiger partial charge is 0.133 e. The second-order valence-corrected chi connectivity index (χ2v) is 7.43. The van der Waals surface area contributed by atoms with Crippen molar-refractivity contribution in [2.45, 2.75) is 44.7 Å².